The number of hydrogen-bond donors (Lipinski definition) is 2. The first kappa shape index (κ1) is 24.7. The highest BCUT2D eigenvalue weighted by atomic mass is 16.4. The molecule has 4 fully saturated rings. The average Bonchev–Trinajstić information content (AvgIpc) is 3.30. The lowest BCUT2D eigenvalue weighted by atomic mass is 9.50. The summed E-state index contributed by atoms with van der Waals surface area (Å²) in [4.78, 5) is 30.0. The van der Waals surface area contributed by atoms with Crippen LogP contribution in [0.4, 0.5) is 10.7 Å². The Kier molecular flexibility index (Phi) is 6.70. The zero-order valence-electron chi connectivity index (χ0n) is 22.0. The maximum atomic E-state index is 11.0. The van der Waals surface area contributed by atoms with Crippen molar-refractivity contribution in [1.82, 2.24) is 25.2 Å². The smallest absolute Gasteiger partial charge is 0.404 e. The number of rotatable bonds is 4. The van der Waals surface area contributed by atoms with Crippen molar-refractivity contribution in [2.75, 3.05) is 31.1 Å². The predicted octanol–water partition coefficient (Wildman–Crippen LogP) is 4.53. The van der Waals surface area contributed by atoms with E-state index in [2.05, 4.69) is 52.8 Å². The molecular formula is C27H44N6O2. The van der Waals surface area contributed by atoms with E-state index in [1.807, 2.05) is 0 Å². The standard InChI is InChI=1S/C27H44N6O2/c1-26(2)10-11-27(3,4)22-15-18(5-6-21(22)26)23-28-17-29-24(31-23)32-13-8-20(9-14-32)33-12-7-19(16-33)30-25(34)35/h17-22,30H,5-16H2,1-4H3,(H,34,35). The Bertz CT molecular complexity index is 913. The molecule has 0 radical (unpaired) electrons. The van der Waals surface area contributed by atoms with Crippen molar-refractivity contribution in [3.8, 4) is 0 Å². The first-order valence-corrected chi connectivity index (χ1v) is 13.8. The maximum Gasteiger partial charge on any atom is 0.404 e. The van der Waals surface area contributed by atoms with Crippen LogP contribution < -0.4 is 10.2 Å². The summed E-state index contributed by atoms with van der Waals surface area (Å²) in [5, 5.41) is 11.6. The van der Waals surface area contributed by atoms with E-state index in [4.69, 9.17) is 10.1 Å². The van der Waals surface area contributed by atoms with Gasteiger partial charge in [-0.1, -0.05) is 27.7 Å². The summed E-state index contributed by atoms with van der Waals surface area (Å²) in [6, 6.07) is 0.576. The summed E-state index contributed by atoms with van der Waals surface area (Å²) in [6.07, 6.45) is 10.2. The van der Waals surface area contributed by atoms with Crippen LogP contribution in [0.15, 0.2) is 6.33 Å². The largest absolute Gasteiger partial charge is 0.465 e. The molecule has 8 nitrogen and oxygen atoms in total. The number of nitrogens with one attached hydrogen (secondary N) is 1. The second-order valence-electron chi connectivity index (χ2n) is 13.0. The summed E-state index contributed by atoms with van der Waals surface area (Å²) in [5.74, 6) is 3.81. The van der Waals surface area contributed by atoms with Crippen molar-refractivity contribution >= 4 is 12.0 Å². The highest BCUT2D eigenvalue weighted by molar-refractivity contribution is 5.64. The lowest BCUT2D eigenvalue weighted by Gasteiger charge is -2.55. The molecule has 3 heterocycles. The number of fused-ring (bicyclic) bond motifs is 1. The van der Waals surface area contributed by atoms with E-state index in [9.17, 15) is 4.79 Å². The summed E-state index contributed by atoms with van der Waals surface area (Å²) >= 11 is 0. The van der Waals surface area contributed by atoms with Crippen molar-refractivity contribution in [3.63, 3.8) is 0 Å². The molecule has 2 N–H and O–H groups in total. The molecule has 0 aromatic carbocycles. The van der Waals surface area contributed by atoms with Crippen LogP contribution >= 0.6 is 0 Å². The van der Waals surface area contributed by atoms with Gasteiger partial charge in [0.15, 0.2) is 0 Å². The number of anilines is 1. The molecule has 8 heteroatoms. The van der Waals surface area contributed by atoms with Crippen LogP contribution in [0.1, 0.15) is 90.8 Å². The van der Waals surface area contributed by atoms with Gasteiger partial charge in [0.25, 0.3) is 0 Å². The first-order valence-electron chi connectivity index (χ1n) is 13.8. The first-order chi connectivity index (χ1) is 16.6. The molecule has 4 atom stereocenters. The highest BCUT2D eigenvalue weighted by Crippen LogP contribution is 2.59. The predicted molar refractivity (Wildman–Crippen MR) is 137 cm³/mol. The number of likely N-dealkylation sites (tertiary alicyclic amines) is 1. The summed E-state index contributed by atoms with van der Waals surface area (Å²) < 4.78 is 0. The van der Waals surface area contributed by atoms with E-state index >= 15 is 0 Å². The van der Waals surface area contributed by atoms with Gasteiger partial charge in [-0.3, -0.25) is 4.90 Å². The molecule has 0 spiro atoms. The SMILES string of the molecule is CC1(C)CCC(C)(C)C2CC(c3ncnc(N4CCC(N5CCC(NC(=O)O)C5)CC4)n3)CCC21. The lowest BCUT2D eigenvalue weighted by Crippen LogP contribution is -2.47. The minimum Gasteiger partial charge on any atom is -0.465 e. The Morgan fingerprint density at radius 2 is 1.69 bits per heavy atom. The lowest BCUT2D eigenvalue weighted by molar-refractivity contribution is -0.0505. The van der Waals surface area contributed by atoms with Gasteiger partial charge in [-0.25, -0.2) is 14.8 Å². The van der Waals surface area contributed by atoms with E-state index in [0.717, 1.165) is 69.1 Å². The van der Waals surface area contributed by atoms with Crippen LogP contribution in [-0.2, 0) is 0 Å². The molecule has 4 unspecified atom stereocenters. The van der Waals surface area contributed by atoms with Gasteiger partial charge in [0.1, 0.15) is 12.2 Å². The number of aromatic nitrogens is 3. The van der Waals surface area contributed by atoms with Crippen molar-refractivity contribution < 1.29 is 9.90 Å². The normalized spacial score (nSPS) is 33.3. The van der Waals surface area contributed by atoms with Gasteiger partial charge >= 0.3 is 6.09 Å². The molecule has 2 aliphatic heterocycles. The van der Waals surface area contributed by atoms with E-state index < -0.39 is 6.09 Å². The van der Waals surface area contributed by atoms with E-state index in [-0.39, 0.29) is 6.04 Å². The van der Waals surface area contributed by atoms with E-state index in [1.54, 1.807) is 6.33 Å². The van der Waals surface area contributed by atoms with Crippen LogP contribution in [0.25, 0.3) is 0 Å². The fourth-order valence-corrected chi connectivity index (χ4v) is 7.71. The molecule has 5 rings (SSSR count). The molecule has 1 aromatic rings. The molecule has 2 saturated heterocycles. The van der Waals surface area contributed by atoms with Gasteiger partial charge in [-0.05, 0) is 74.0 Å². The average molecular weight is 485 g/mol. The van der Waals surface area contributed by atoms with Gasteiger partial charge in [-0.15, -0.1) is 0 Å². The third-order valence-corrected chi connectivity index (χ3v) is 10.0. The van der Waals surface area contributed by atoms with Crippen LogP contribution in [0.2, 0.25) is 0 Å². The summed E-state index contributed by atoms with van der Waals surface area (Å²) in [5.41, 5.74) is 0.837. The Balaban J connectivity index is 1.20. The molecule has 1 amide bonds. The number of nitrogens with zero attached hydrogens (tertiary/aromatic N) is 5. The number of hydrogen-bond acceptors (Lipinski definition) is 6. The van der Waals surface area contributed by atoms with Crippen molar-refractivity contribution in [2.45, 2.75) is 97.1 Å². The Morgan fingerprint density at radius 1 is 0.971 bits per heavy atom. The summed E-state index contributed by atoms with van der Waals surface area (Å²) in [7, 11) is 0. The highest BCUT2D eigenvalue weighted by Gasteiger charge is 2.50. The monoisotopic (exact) mass is 484 g/mol. The quantitative estimate of drug-likeness (QED) is 0.648. The fraction of sp³-hybridized carbons (Fsp3) is 0.852. The third kappa shape index (κ3) is 5.13. The molecule has 2 saturated carbocycles. The Labute approximate surface area is 210 Å². The molecule has 2 aliphatic carbocycles. The molecule has 35 heavy (non-hydrogen) atoms. The third-order valence-electron chi connectivity index (χ3n) is 10.0. The van der Waals surface area contributed by atoms with Crippen LogP contribution in [-0.4, -0.2) is 69.3 Å². The second kappa shape index (κ2) is 9.49. The minimum atomic E-state index is -0.915. The van der Waals surface area contributed by atoms with E-state index in [0.29, 0.717) is 22.8 Å². The second-order valence-corrected chi connectivity index (χ2v) is 13.0. The van der Waals surface area contributed by atoms with Crippen molar-refractivity contribution in [1.29, 1.82) is 0 Å². The molecule has 4 aliphatic rings. The number of carboxylic acid groups (broad SMARTS) is 1. The molecule has 194 valence electrons. The summed E-state index contributed by atoms with van der Waals surface area (Å²) in [6.45, 7) is 13.6. The Hall–Kier alpha value is -1.96. The van der Waals surface area contributed by atoms with Crippen LogP contribution in [0.5, 0.6) is 0 Å². The maximum absolute atomic E-state index is 11.0. The topological polar surface area (TPSA) is 94.5 Å². The van der Waals surface area contributed by atoms with Crippen molar-refractivity contribution in [2.24, 2.45) is 22.7 Å². The molecule has 0 bridgehead atoms. The zero-order chi connectivity index (χ0) is 24.8. The molecule has 1 aromatic heterocycles. The van der Waals surface area contributed by atoms with Gasteiger partial charge < -0.3 is 15.3 Å². The fourth-order valence-electron chi connectivity index (χ4n) is 7.71. The van der Waals surface area contributed by atoms with Crippen LogP contribution in [0, 0.1) is 22.7 Å². The number of piperidine rings is 1. The zero-order valence-corrected chi connectivity index (χ0v) is 22.0. The van der Waals surface area contributed by atoms with Crippen molar-refractivity contribution in [3.05, 3.63) is 12.2 Å². The van der Waals surface area contributed by atoms with Gasteiger partial charge in [0.05, 0.1) is 0 Å². The van der Waals surface area contributed by atoms with Gasteiger partial charge in [0, 0.05) is 44.2 Å². The van der Waals surface area contributed by atoms with Gasteiger partial charge in [-0.2, -0.15) is 4.98 Å². The Morgan fingerprint density at radius 3 is 2.40 bits per heavy atom. The van der Waals surface area contributed by atoms with Gasteiger partial charge in [0.2, 0.25) is 5.95 Å². The van der Waals surface area contributed by atoms with E-state index in [1.165, 1.54) is 32.1 Å². The number of amides is 1. The van der Waals surface area contributed by atoms with Crippen LogP contribution in [0.3, 0.4) is 0 Å². The number of carbonyl (C=O) groups is 1. The molecular weight excluding hydrogens is 440 g/mol. The minimum absolute atomic E-state index is 0.0615.